The molecule has 0 radical (unpaired) electrons. The fraction of sp³-hybridized carbons (Fsp3) is 1.00. The molecule has 2 fully saturated rings. The fourth-order valence-electron chi connectivity index (χ4n) is 3.80. The van der Waals surface area contributed by atoms with Crippen molar-refractivity contribution in [2.75, 3.05) is 19.6 Å². The first-order valence-corrected chi connectivity index (χ1v) is 6.66. The second kappa shape index (κ2) is 4.42. The lowest BCUT2D eigenvalue weighted by Gasteiger charge is -2.42. The van der Waals surface area contributed by atoms with Crippen molar-refractivity contribution in [3.63, 3.8) is 0 Å². The van der Waals surface area contributed by atoms with Crippen molar-refractivity contribution in [2.45, 2.75) is 58.5 Å². The van der Waals surface area contributed by atoms with Gasteiger partial charge in [-0.1, -0.05) is 6.92 Å². The smallest absolute Gasteiger partial charge is 0.0164 e. The number of hydrogen-bond acceptors (Lipinski definition) is 2. The van der Waals surface area contributed by atoms with E-state index in [2.05, 4.69) is 31.0 Å². The molecular weight excluding hydrogens is 184 g/mol. The molecule has 2 heteroatoms. The maximum atomic E-state index is 3.61. The zero-order valence-corrected chi connectivity index (χ0v) is 10.6. The highest BCUT2D eigenvalue weighted by Gasteiger charge is 2.46. The van der Waals surface area contributed by atoms with E-state index in [1.165, 1.54) is 45.3 Å². The number of piperidine rings is 1. The predicted molar refractivity (Wildman–Crippen MR) is 65.1 cm³/mol. The Bertz CT molecular complexity index is 207. The molecule has 0 aromatic heterocycles. The largest absolute Gasteiger partial charge is 0.316 e. The summed E-state index contributed by atoms with van der Waals surface area (Å²) in [6.45, 7) is 10.9. The molecule has 2 saturated heterocycles. The van der Waals surface area contributed by atoms with Crippen molar-refractivity contribution in [3.05, 3.63) is 0 Å². The summed E-state index contributed by atoms with van der Waals surface area (Å²) < 4.78 is 0. The van der Waals surface area contributed by atoms with Crippen LogP contribution in [-0.2, 0) is 0 Å². The van der Waals surface area contributed by atoms with E-state index in [-0.39, 0.29) is 0 Å². The topological polar surface area (TPSA) is 15.3 Å². The summed E-state index contributed by atoms with van der Waals surface area (Å²) >= 11 is 0. The Balaban J connectivity index is 2.12. The minimum Gasteiger partial charge on any atom is -0.316 e. The van der Waals surface area contributed by atoms with Crippen molar-refractivity contribution < 1.29 is 0 Å². The lowest BCUT2D eigenvalue weighted by Crippen LogP contribution is -2.49. The maximum absolute atomic E-state index is 3.61. The second-order valence-corrected chi connectivity index (χ2v) is 5.65. The molecule has 0 amide bonds. The van der Waals surface area contributed by atoms with E-state index in [0.717, 1.165) is 12.1 Å². The summed E-state index contributed by atoms with van der Waals surface area (Å²) in [6.07, 6.45) is 5.56. The van der Waals surface area contributed by atoms with Gasteiger partial charge in [0.25, 0.3) is 0 Å². The van der Waals surface area contributed by atoms with Crippen LogP contribution >= 0.6 is 0 Å². The monoisotopic (exact) mass is 210 g/mol. The van der Waals surface area contributed by atoms with Crippen LogP contribution in [0.1, 0.15) is 46.5 Å². The summed E-state index contributed by atoms with van der Waals surface area (Å²) in [5, 5.41) is 3.61. The summed E-state index contributed by atoms with van der Waals surface area (Å²) in [5.74, 6) is 0. The van der Waals surface area contributed by atoms with Gasteiger partial charge in [-0.15, -0.1) is 0 Å². The quantitative estimate of drug-likeness (QED) is 0.752. The van der Waals surface area contributed by atoms with Crippen molar-refractivity contribution in [2.24, 2.45) is 5.41 Å². The molecule has 2 nitrogen and oxygen atoms in total. The van der Waals surface area contributed by atoms with Crippen LogP contribution in [0.25, 0.3) is 0 Å². The minimum atomic E-state index is 0.608. The maximum Gasteiger partial charge on any atom is 0.0164 e. The average Bonchev–Trinajstić information content (AvgIpc) is 2.58. The highest BCUT2D eigenvalue weighted by Crippen LogP contribution is 2.44. The molecule has 2 unspecified atom stereocenters. The molecule has 2 rings (SSSR count). The highest BCUT2D eigenvalue weighted by molar-refractivity contribution is 5.01. The Morgan fingerprint density at radius 3 is 2.73 bits per heavy atom. The molecule has 2 atom stereocenters. The third-order valence-electron chi connectivity index (χ3n) is 4.53. The molecule has 2 aliphatic heterocycles. The van der Waals surface area contributed by atoms with Crippen molar-refractivity contribution >= 4 is 0 Å². The Hall–Kier alpha value is -0.0800. The average molecular weight is 210 g/mol. The van der Waals surface area contributed by atoms with Crippen LogP contribution in [0.4, 0.5) is 0 Å². The van der Waals surface area contributed by atoms with Gasteiger partial charge in [0.2, 0.25) is 0 Å². The van der Waals surface area contributed by atoms with Gasteiger partial charge in [-0.05, 0) is 58.0 Å². The molecule has 0 aromatic carbocycles. The van der Waals surface area contributed by atoms with Gasteiger partial charge in [0, 0.05) is 18.6 Å². The third kappa shape index (κ3) is 1.94. The van der Waals surface area contributed by atoms with E-state index in [9.17, 15) is 0 Å². The van der Waals surface area contributed by atoms with Crippen molar-refractivity contribution in [1.29, 1.82) is 0 Å². The van der Waals surface area contributed by atoms with Crippen LogP contribution in [0.2, 0.25) is 0 Å². The molecule has 1 spiro atoms. The zero-order chi connectivity index (χ0) is 10.9. The number of rotatable bonds is 2. The molecule has 0 aliphatic carbocycles. The van der Waals surface area contributed by atoms with Gasteiger partial charge in [0.05, 0.1) is 0 Å². The van der Waals surface area contributed by atoms with E-state index in [0.29, 0.717) is 5.41 Å². The molecule has 2 heterocycles. The predicted octanol–water partition coefficient (Wildman–Crippen LogP) is 2.25. The molecule has 0 aromatic rings. The number of likely N-dealkylation sites (tertiary alicyclic amines) is 1. The summed E-state index contributed by atoms with van der Waals surface area (Å²) in [5.41, 5.74) is 0.608. The Morgan fingerprint density at radius 1 is 1.40 bits per heavy atom. The second-order valence-electron chi connectivity index (χ2n) is 5.65. The highest BCUT2D eigenvalue weighted by atomic mass is 15.2. The van der Waals surface area contributed by atoms with E-state index in [1.54, 1.807) is 0 Å². The van der Waals surface area contributed by atoms with E-state index >= 15 is 0 Å². The molecule has 2 aliphatic rings. The normalized spacial score (nSPS) is 38.0. The van der Waals surface area contributed by atoms with Crippen molar-refractivity contribution in [1.82, 2.24) is 10.2 Å². The van der Waals surface area contributed by atoms with Gasteiger partial charge in [-0.25, -0.2) is 0 Å². The minimum absolute atomic E-state index is 0.608. The van der Waals surface area contributed by atoms with Gasteiger partial charge < -0.3 is 5.32 Å². The van der Waals surface area contributed by atoms with Gasteiger partial charge in [0.15, 0.2) is 0 Å². The van der Waals surface area contributed by atoms with Crippen LogP contribution in [0, 0.1) is 5.41 Å². The van der Waals surface area contributed by atoms with E-state index in [1.807, 2.05) is 0 Å². The standard InChI is InChI=1S/C13H26N2/c1-4-12-13(6-5-8-14-10-13)7-9-15(12)11(2)3/h11-12,14H,4-10H2,1-3H3. The van der Waals surface area contributed by atoms with Crippen LogP contribution < -0.4 is 5.32 Å². The Morgan fingerprint density at radius 2 is 2.20 bits per heavy atom. The van der Waals surface area contributed by atoms with Crippen LogP contribution in [-0.4, -0.2) is 36.6 Å². The van der Waals surface area contributed by atoms with Gasteiger partial charge in [-0.3, -0.25) is 4.90 Å². The molecular formula is C13H26N2. The first kappa shape index (κ1) is 11.4. The number of nitrogens with zero attached hydrogens (tertiary/aromatic N) is 1. The van der Waals surface area contributed by atoms with Crippen LogP contribution in [0.15, 0.2) is 0 Å². The first-order chi connectivity index (χ1) is 7.19. The Labute approximate surface area is 94.4 Å². The SMILES string of the molecule is CCC1N(C(C)C)CCC12CCCNC2. The van der Waals surface area contributed by atoms with Crippen LogP contribution in [0.5, 0.6) is 0 Å². The Kier molecular flexibility index (Phi) is 3.36. The summed E-state index contributed by atoms with van der Waals surface area (Å²) in [6, 6.07) is 1.54. The van der Waals surface area contributed by atoms with E-state index in [4.69, 9.17) is 0 Å². The molecule has 0 bridgehead atoms. The van der Waals surface area contributed by atoms with Crippen molar-refractivity contribution in [3.8, 4) is 0 Å². The van der Waals surface area contributed by atoms with Crippen LogP contribution in [0.3, 0.4) is 0 Å². The molecule has 1 N–H and O–H groups in total. The van der Waals surface area contributed by atoms with Gasteiger partial charge in [0.1, 0.15) is 0 Å². The zero-order valence-electron chi connectivity index (χ0n) is 10.6. The molecule has 88 valence electrons. The van der Waals surface area contributed by atoms with Gasteiger partial charge >= 0.3 is 0 Å². The number of nitrogens with one attached hydrogen (secondary N) is 1. The number of hydrogen-bond donors (Lipinski definition) is 1. The third-order valence-corrected chi connectivity index (χ3v) is 4.53. The summed E-state index contributed by atoms with van der Waals surface area (Å²) in [7, 11) is 0. The lowest BCUT2D eigenvalue weighted by molar-refractivity contribution is 0.0978. The summed E-state index contributed by atoms with van der Waals surface area (Å²) in [4.78, 5) is 2.73. The van der Waals surface area contributed by atoms with E-state index < -0.39 is 0 Å². The molecule has 0 saturated carbocycles. The first-order valence-electron chi connectivity index (χ1n) is 6.66. The molecule has 15 heavy (non-hydrogen) atoms. The fourth-order valence-corrected chi connectivity index (χ4v) is 3.80. The van der Waals surface area contributed by atoms with Gasteiger partial charge in [-0.2, -0.15) is 0 Å². The lowest BCUT2D eigenvalue weighted by atomic mass is 9.73.